The monoisotopic (exact) mass is 285 g/mol. The van der Waals surface area contributed by atoms with E-state index in [1.807, 2.05) is 0 Å². The van der Waals surface area contributed by atoms with Crippen molar-refractivity contribution in [2.75, 3.05) is 0 Å². The Morgan fingerprint density at radius 2 is 2.19 bits per heavy atom. The summed E-state index contributed by atoms with van der Waals surface area (Å²) in [6.07, 6.45) is 0. The van der Waals surface area contributed by atoms with Gasteiger partial charge in [0.2, 0.25) is 0 Å². The van der Waals surface area contributed by atoms with Gasteiger partial charge in [-0.25, -0.2) is 4.79 Å². The number of rotatable bonds is 2. The Kier molecular flexibility index (Phi) is 2.52. The molecule has 1 aromatic carbocycles. The fourth-order valence-electron chi connectivity index (χ4n) is 1.16. The van der Waals surface area contributed by atoms with Gasteiger partial charge in [0.05, 0.1) is 10.6 Å². The molecule has 0 saturated heterocycles. The smallest absolute Gasteiger partial charge is 0.258 e. The van der Waals surface area contributed by atoms with E-state index >= 15 is 0 Å². The molecule has 0 aliphatic heterocycles. The minimum absolute atomic E-state index is 0.133. The van der Waals surface area contributed by atoms with E-state index in [-0.39, 0.29) is 11.4 Å². The Hall–Kier alpha value is -2.03. The molecule has 0 aliphatic carbocycles. The van der Waals surface area contributed by atoms with Crippen LogP contribution in [0.25, 0.3) is 5.69 Å². The Bertz CT molecular complexity index is 604. The summed E-state index contributed by atoms with van der Waals surface area (Å²) in [5, 5.41) is 19.4. The summed E-state index contributed by atoms with van der Waals surface area (Å²) < 4.78 is 1.48. The third-order valence-electron chi connectivity index (χ3n) is 1.81. The number of nitro benzene ring substituents is 1. The first-order chi connectivity index (χ1) is 7.58. The second-order valence-corrected chi connectivity index (χ2v) is 3.76. The molecule has 2 rings (SSSR count). The fraction of sp³-hybridized carbons (Fsp3) is 0. The molecule has 0 unspecified atom stereocenters. The second-order valence-electron chi connectivity index (χ2n) is 2.84. The van der Waals surface area contributed by atoms with Crippen LogP contribution in [-0.4, -0.2) is 25.1 Å². The lowest BCUT2D eigenvalue weighted by Gasteiger charge is -2.00. The maximum absolute atomic E-state index is 11.2. The van der Waals surface area contributed by atoms with Crippen LogP contribution < -0.4 is 5.69 Å². The molecule has 0 fully saturated rings. The molecule has 16 heavy (non-hydrogen) atoms. The Balaban J connectivity index is 2.62. The van der Waals surface area contributed by atoms with Crippen molar-refractivity contribution in [3.05, 3.63) is 43.3 Å². The van der Waals surface area contributed by atoms with E-state index in [1.165, 1.54) is 18.2 Å². The zero-order valence-electron chi connectivity index (χ0n) is 7.62. The van der Waals surface area contributed by atoms with Crippen LogP contribution in [0.15, 0.2) is 27.5 Å². The topological polar surface area (TPSA) is 107 Å². The summed E-state index contributed by atoms with van der Waals surface area (Å²) in [5.41, 5.74) is -0.477. The fourth-order valence-corrected chi connectivity index (χ4v) is 1.63. The standard InChI is InChI=1S/C7H4BrN5O3/c8-4-1-5(3-6(2-4)13(15)16)12-7(14)9-10-11-12/h1-3H,(H,9,11,14). The minimum Gasteiger partial charge on any atom is -0.258 e. The third kappa shape index (κ3) is 1.84. The quantitative estimate of drug-likeness (QED) is 0.643. The maximum Gasteiger partial charge on any atom is 0.388 e. The highest BCUT2D eigenvalue weighted by molar-refractivity contribution is 9.10. The van der Waals surface area contributed by atoms with Crippen LogP contribution in [0, 0.1) is 10.1 Å². The van der Waals surface area contributed by atoms with E-state index < -0.39 is 10.6 Å². The van der Waals surface area contributed by atoms with Gasteiger partial charge in [0, 0.05) is 16.6 Å². The number of non-ortho nitro benzene ring substituents is 1. The van der Waals surface area contributed by atoms with E-state index in [2.05, 4.69) is 31.5 Å². The van der Waals surface area contributed by atoms with Crippen LogP contribution >= 0.6 is 15.9 Å². The van der Waals surface area contributed by atoms with Crippen LogP contribution in [0.4, 0.5) is 5.69 Å². The number of nitro groups is 1. The van der Waals surface area contributed by atoms with Crippen molar-refractivity contribution in [2.45, 2.75) is 0 Å². The van der Waals surface area contributed by atoms with E-state index in [0.29, 0.717) is 4.47 Å². The van der Waals surface area contributed by atoms with E-state index in [1.54, 1.807) is 0 Å². The first-order valence-corrected chi connectivity index (χ1v) is 4.82. The Morgan fingerprint density at radius 1 is 1.44 bits per heavy atom. The molecule has 8 nitrogen and oxygen atoms in total. The maximum atomic E-state index is 11.2. The number of nitrogens with zero attached hydrogens (tertiary/aromatic N) is 4. The normalized spacial score (nSPS) is 10.3. The second kappa shape index (κ2) is 3.85. The van der Waals surface area contributed by atoms with Crippen LogP contribution in [0.5, 0.6) is 0 Å². The van der Waals surface area contributed by atoms with Crippen LogP contribution in [-0.2, 0) is 0 Å². The summed E-state index contributed by atoms with van der Waals surface area (Å²) in [6, 6.07) is 4.11. The molecule has 1 N–H and O–H groups in total. The van der Waals surface area contributed by atoms with E-state index in [0.717, 1.165) is 4.68 Å². The van der Waals surface area contributed by atoms with Gasteiger partial charge in [-0.2, -0.15) is 9.90 Å². The third-order valence-corrected chi connectivity index (χ3v) is 2.27. The molecular formula is C7H4BrN5O3. The molecule has 9 heteroatoms. The van der Waals surface area contributed by atoms with E-state index in [4.69, 9.17) is 0 Å². The van der Waals surface area contributed by atoms with Crippen LogP contribution in [0.1, 0.15) is 0 Å². The average Bonchev–Trinajstić information content (AvgIpc) is 2.63. The van der Waals surface area contributed by atoms with Crippen molar-refractivity contribution in [1.82, 2.24) is 20.2 Å². The molecule has 0 amide bonds. The number of halogens is 1. The van der Waals surface area contributed by atoms with Gasteiger partial charge in [-0.15, -0.1) is 0 Å². The summed E-state index contributed by atoms with van der Waals surface area (Å²) in [4.78, 5) is 21.2. The first-order valence-electron chi connectivity index (χ1n) is 4.03. The molecular weight excluding hydrogens is 282 g/mol. The lowest BCUT2D eigenvalue weighted by Crippen LogP contribution is -2.16. The first kappa shape index (κ1) is 10.5. The molecule has 0 aliphatic rings. The van der Waals surface area contributed by atoms with Gasteiger partial charge in [-0.05, 0) is 11.3 Å². The number of aromatic amines is 1. The number of aromatic nitrogens is 4. The molecule has 1 aromatic heterocycles. The minimum atomic E-state index is -0.632. The number of hydrogen-bond donors (Lipinski definition) is 1. The number of H-pyrrole nitrogens is 1. The molecule has 0 atom stereocenters. The van der Waals surface area contributed by atoms with Gasteiger partial charge in [-0.3, -0.25) is 10.1 Å². The Labute approximate surface area is 96.2 Å². The summed E-state index contributed by atoms with van der Waals surface area (Å²) >= 11 is 3.12. The molecule has 0 spiro atoms. The molecule has 0 bridgehead atoms. The predicted molar refractivity (Wildman–Crippen MR) is 56.3 cm³/mol. The molecule has 2 aromatic rings. The van der Waals surface area contributed by atoms with Crippen molar-refractivity contribution >= 4 is 21.6 Å². The van der Waals surface area contributed by atoms with Gasteiger partial charge < -0.3 is 0 Å². The summed E-state index contributed by atoms with van der Waals surface area (Å²) in [6.45, 7) is 0. The molecule has 0 saturated carbocycles. The summed E-state index contributed by atoms with van der Waals surface area (Å²) in [7, 11) is 0. The van der Waals surface area contributed by atoms with Crippen molar-refractivity contribution in [1.29, 1.82) is 0 Å². The van der Waals surface area contributed by atoms with Crippen molar-refractivity contribution in [3.63, 3.8) is 0 Å². The highest BCUT2D eigenvalue weighted by atomic mass is 79.9. The van der Waals surface area contributed by atoms with Crippen LogP contribution in [0.2, 0.25) is 0 Å². The zero-order valence-corrected chi connectivity index (χ0v) is 9.21. The number of benzene rings is 1. The molecule has 1 heterocycles. The van der Waals surface area contributed by atoms with Gasteiger partial charge in [0.1, 0.15) is 0 Å². The number of nitrogens with one attached hydrogen (secondary N) is 1. The lowest BCUT2D eigenvalue weighted by atomic mass is 10.3. The van der Waals surface area contributed by atoms with Crippen LogP contribution in [0.3, 0.4) is 0 Å². The molecule has 82 valence electrons. The lowest BCUT2D eigenvalue weighted by molar-refractivity contribution is -0.384. The summed E-state index contributed by atoms with van der Waals surface area (Å²) in [5.74, 6) is 0. The van der Waals surface area contributed by atoms with Gasteiger partial charge >= 0.3 is 5.69 Å². The predicted octanol–water partition coefficient (Wildman–Crippen LogP) is 0.626. The number of hydrogen-bond acceptors (Lipinski definition) is 5. The zero-order chi connectivity index (χ0) is 11.7. The van der Waals surface area contributed by atoms with Gasteiger partial charge in [0.15, 0.2) is 0 Å². The highest BCUT2D eigenvalue weighted by Gasteiger charge is 2.11. The van der Waals surface area contributed by atoms with E-state index in [9.17, 15) is 14.9 Å². The SMILES string of the molecule is O=c1nn[nH]n1-c1cc(Br)cc([N+](=O)[O-])c1. The van der Waals surface area contributed by atoms with Crippen molar-refractivity contribution < 1.29 is 4.92 Å². The van der Waals surface area contributed by atoms with Crippen molar-refractivity contribution in [2.24, 2.45) is 0 Å². The highest BCUT2D eigenvalue weighted by Crippen LogP contribution is 2.22. The Morgan fingerprint density at radius 3 is 2.75 bits per heavy atom. The van der Waals surface area contributed by atoms with Gasteiger partial charge in [0.25, 0.3) is 5.69 Å². The van der Waals surface area contributed by atoms with Gasteiger partial charge in [-0.1, -0.05) is 21.0 Å². The average molecular weight is 286 g/mol. The number of tetrazole rings is 1. The van der Waals surface area contributed by atoms with Crippen molar-refractivity contribution in [3.8, 4) is 5.69 Å². The largest absolute Gasteiger partial charge is 0.388 e. The molecule has 0 radical (unpaired) electrons.